The van der Waals surface area contributed by atoms with Crippen molar-refractivity contribution in [1.29, 1.82) is 0 Å². The molecular formula is C15H16N4O2. The van der Waals surface area contributed by atoms with Gasteiger partial charge in [-0.25, -0.2) is 0 Å². The molecule has 0 N–H and O–H groups in total. The van der Waals surface area contributed by atoms with Gasteiger partial charge in [0.2, 0.25) is 5.82 Å². The molecule has 1 atom stereocenters. The van der Waals surface area contributed by atoms with Crippen molar-refractivity contribution in [2.24, 2.45) is 7.05 Å². The minimum Gasteiger partial charge on any atom is -0.368 e. The fraction of sp³-hybridized carbons (Fsp3) is 0.400. The molecular weight excluding hydrogens is 268 g/mol. The zero-order chi connectivity index (χ0) is 14.4. The quantitative estimate of drug-likeness (QED) is 0.724. The SMILES string of the molecule is Cc1nn(C)c2cc(-c3noc(C4CCCO4)n3)ccc12. The summed E-state index contributed by atoms with van der Waals surface area (Å²) in [7, 11) is 1.94. The van der Waals surface area contributed by atoms with Gasteiger partial charge in [0.15, 0.2) is 0 Å². The molecule has 0 aliphatic carbocycles. The van der Waals surface area contributed by atoms with Crippen molar-refractivity contribution in [2.75, 3.05) is 6.61 Å². The molecule has 1 aliphatic rings. The van der Waals surface area contributed by atoms with E-state index in [-0.39, 0.29) is 6.10 Å². The fourth-order valence-corrected chi connectivity index (χ4v) is 2.83. The predicted octanol–water partition coefficient (Wildman–Crippen LogP) is 2.78. The lowest BCUT2D eigenvalue weighted by Gasteiger charge is -2.00. The van der Waals surface area contributed by atoms with Crippen LogP contribution in [0, 0.1) is 6.92 Å². The van der Waals surface area contributed by atoms with Crippen molar-refractivity contribution < 1.29 is 9.26 Å². The number of ether oxygens (including phenoxy) is 1. The van der Waals surface area contributed by atoms with Crippen LogP contribution in [0.25, 0.3) is 22.3 Å². The summed E-state index contributed by atoms with van der Waals surface area (Å²) < 4.78 is 12.8. The van der Waals surface area contributed by atoms with Crippen LogP contribution in [-0.2, 0) is 11.8 Å². The third-order valence-corrected chi connectivity index (χ3v) is 3.94. The van der Waals surface area contributed by atoms with E-state index in [9.17, 15) is 0 Å². The van der Waals surface area contributed by atoms with Crippen LogP contribution in [-0.4, -0.2) is 26.5 Å². The summed E-state index contributed by atoms with van der Waals surface area (Å²) in [6.07, 6.45) is 1.94. The third kappa shape index (κ3) is 2.03. The highest BCUT2D eigenvalue weighted by Crippen LogP contribution is 2.29. The monoisotopic (exact) mass is 284 g/mol. The summed E-state index contributed by atoms with van der Waals surface area (Å²) in [4.78, 5) is 4.47. The number of benzene rings is 1. The Balaban J connectivity index is 1.74. The van der Waals surface area contributed by atoms with Crippen LogP contribution >= 0.6 is 0 Å². The van der Waals surface area contributed by atoms with E-state index in [1.54, 1.807) is 0 Å². The van der Waals surface area contributed by atoms with Crippen molar-refractivity contribution >= 4 is 10.9 Å². The number of fused-ring (bicyclic) bond motifs is 1. The van der Waals surface area contributed by atoms with Crippen LogP contribution < -0.4 is 0 Å². The maximum absolute atomic E-state index is 5.57. The Labute approximate surface area is 121 Å². The van der Waals surface area contributed by atoms with Gasteiger partial charge in [-0.2, -0.15) is 10.1 Å². The van der Waals surface area contributed by atoms with E-state index >= 15 is 0 Å². The highest BCUT2D eigenvalue weighted by Gasteiger charge is 2.24. The Hall–Kier alpha value is -2.21. The lowest BCUT2D eigenvalue weighted by molar-refractivity contribution is 0.0835. The number of aromatic nitrogens is 4. The van der Waals surface area contributed by atoms with E-state index in [0.717, 1.165) is 41.6 Å². The smallest absolute Gasteiger partial charge is 0.256 e. The second-order valence-corrected chi connectivity index (χ2v) is 5.40. The van der Waals surface area contributed by atoms with E-state index < -0.39 is 0 Å². The van der Waals surface area contributed by atoms with Crippen molar-refractivity contribution in [3.8, 4) is 11.4 Å². The van der Waals surface area contributed by atoms with E-state index in [4.69, 9.17) is 9.26 Å². The molecule has 21 heavy (non-hydrogen) atoms. The van der Waals surface area contributed by atoms with Gasteiger partial charge in [0, 0.05) is 24.6 Å². The third-order valence-electron chi connectivity index (χ3n) is 3.94. The molecule has 0 bridgehead atoms. The second kappa shape index (κ2) is 4.66. The van der Waals surface area contributed by atoms with Gasteiger partial charge in [-0.3, -0.25) is 4.68 Å². The summed E-state index contributed by atoms with van der Waals surface area (Å²) >= 11 is 0. The molecule has 0 radical (unpaired) electrons. The summed E-state index contributed by atoms with van der Waals surface area (Å²) in [5, 5.41) is 9.65. The van der Waals surface area contributed by atoms with Gasteiger partial charge in [-0.15, -0.1) is 0 Å². The summed E-state index contributed by atoms with van der Waals surface area (Å²) in [6.45, 7) is 2.77. The molecule has 6 nitrogen and oxygen atoms in total. The molecule has 0 saturated carbocycles. The fourth-order valence-electron chi connectivity index (χ4n) is 2.83. The van der Waals surface area contributed by atoms with Crippen LogP contribution in [0.3, 0.4) is 0 Å². The standard InChI is InChI=1S/C15H16N4O2/c1-9-11-6-5-10(8-12(11)19(2)17-9)14-16-15(21-18-14)13-4-3-7-20-13/h5-6,8,13H,3-4,7H2,1-2H3. The lowest BCUT2D eigenvalue weighted by atomic mass is 10.1. The largest absolute Gasteiger partial charge is 0.368 e. The van der Waals surface area contributed by atoms with E-state index in [1.807, 2.05) is 30.8 Å². The Bertz CT molecular complexity index is 799. The molecule has 0 amide bonds. The summed E-state index contributed by atoms with van der Waals surface area (Å²) in [5.41, 5.74) is 3.01. The zero-order valence-electron chi connectivity index (χ0n) is 12.0. The van der Waals surface area contributed by atoms with Crippen molar-refractivity contribution in [2.45, 2.75) is 25.9 Å². The normalized spacial score (nSPS) is 18.7. The molecule has 1 aliphatic heterocycles. The molecule has 1 fully saturated rings. The summed E-state index contributed by atoms with van der Waals surface area (Å²) in [5.74, 6) is 1.17. The number of rotatable bonds is 2. The molecule has 3 heterocycles. The molecule has 2 aromatic heterocycles. The average Bonchev–Trinajstić information content (AvgIpc) is 3.20. The number of aryl methyl sites for hydroxylation is 2. The minimum absolute atomic E-state index is 0.0473. The minimum atomic E-state index is -0.0473. The number of hydrogen-bond acceptors (Lipinski definition) is 5. The highest BCUT2D eigenvalue weighted by molar-refractivity contribution is 5.85. The average molecular weight is 284 g/mol. The second-order valence-electron chi connectivity index (χ2n) is 5.40. The van der Waals surface area contributed by atoms with Crippen LogP contribution in [0.1, 0.15) is 30.5 Å². The van der Waals surface area contributed by atoms with Crippen molar-refractivity contribution in [1.82, 2.24) is 19.9 Å². The first-order valence-electron chi connectivity index (χ1n) is 7.11. The molecule has 4 rings (SSSR count). The van der Waals surface area contributed by atoms with E-state index in [1.165, 1.54) is 0 Å². The molecule has 1 unspecified atom stereocenters. The highest BCUT2D eigenvalue weighted by atomic mass is 16.5. The van der Waals surface area contributed by atoms with Crippen molar-refractivity contribution in [3.63, 3.8) is 0 Å². The zero-order valence-corrected chi connectivity index (χ0v) is 12.0. The van der Waals surface area contributed by atoms with Gasteiger partial charge in [0.25, 0.3) is 5.89 Å². The van der Waals surface area contributed by atoms with Gasteiger partial charge in [-0.05, 0) is 25.8 Å². The Kier molecular flexibility index (Phi) is 2.78. The van der Waals surface area contributed by atoms with Gasteiger partial charge in [0.1, 0.15) is 6.10 Å². The molecule has 108 valence electrons. The molecule has 1 aromatic carbocycles. The first-order valence-corrected chi connectivity index (χ1v) is 7.11. The van der Waals surface area contributed by atoms with Crippen LogP contribution in [0.4, 0.5) is 0 Å². The van der Waals surface area contributed by atoms with Gasteiger partial charge in [-0.1, -0.05) is 17.3 Å². The maximum atomic E-state index is 5.57. The topological polar surface area (TPSA) is 66.0 Å². The van der Waals surface area contributed by atoms with Gasteiger partial charge < -0.3 is 9.26 Å². The van der Waals surface area contributed by atoms with Crippen LogP contribution in [0.5, 0.6) is 0 Å². The Morgan fingerprint density at radius 3 is 3.05 bits per heavy atom. The molecule has 1 saturated heterocycles. The summed E-state index contributed by atoms with van der Waals surface area (Å²) in [6, 6.07) is 6.09. The Morgan fingerprint density at radius 2 is 2.24 bits per heavy atom. The van der Waals surface area contributed by atoms with Gasteiger partial charge in [0.05, 0.1) is 11.2 Å². The van der Waals surface area contributed by atoms with E-state index in [2.05, 4.69) is 21.3 Å². The van der Waals surface area contributed by atoms with Crippen LogP contribution in [0.2, 0.25) is 0 Å². The van der Waals surface area contributed by atoms with E-state index in [0.29, 0.717) is 11.7 Å². The first-order chi connectivity index (χ1) is 10.2. The molecule has 6 heteroatoms. The van der Waals surface area contributed by atoms with Crippen LogP contribution in [0.15, 0.2) is 22.7 Å². The number of nitrogens with zero attached hydrogens (tertiary/aromatic N) is 4. The Morgan fingerprint density at radius 1 is 1.33 bits per heavy atom. The van der Waals surface area contributed by atoms with Crippen molar-refractivity contribution in [3.05, 3.63) is 29.8 Å². The lowest BCUT2D eigenvalue weighted by Crippen LogP contribution is -1.95. The van der Waals surface area contributed by atoms with Gasteiger partial charge >= 0.3 is 0 Å². The molecule has 0 spiro atoms. The maximum Gasteiger partial charge on any atom is 0.256 e. The first kappa shape index (κ1) is 12.5. The number of hydrogen-bond donors (Lipinski definition) is 0. The predicted molar refractivity (Wildman–Crippen MR) is 76.7 cm³/mol. The molecule has 3 aromatic rings.